The molecule has 1 fully saturated rings. The number of carbonyl (C=O) groups is 1. The second-order valence-corrected chi connectivity index (χ2v) is 10.8. The molecule has 5 atom stereocenters. The van der Waals surface area contributed by atoms with Crippen molar-refractivity contribution < 1.29 is 34.5 Å². The first kappa shape index (κ1) is 24.3. The highest BCUT2D eigenvalue weighted by molar-refractivity contribution is 7.85. The number of aliphatic hydroxyl groups is 4. The molecule has 1 aliphatic rings. The predicted molar refractivity (Wildman–Crippen MR) is 127 cm³/mol. The van der Waals surface area contributed by atoms with Gasteiger partial charge in [0.05, 0.1) is 12.2 Å². The maximum Gasteiger partial charge on any atom is 0.252 e. The third kappa shape index (κ3) is 4.44. The van der Waals surface area contributed by atoms with Crippen LogP contribution in [-0.2, 0) is 9.30 Å². The normalized spacial score (nSPS) is 25.0. The maximum atomic E-state index is 14.7. The molecule has 1 amide bonds. The first-order valence-electron chi connectivity index (χ1n) is 10.8. The number of aliphatic hydroxyl groups excluding tert-OH is 4. The van der Waals surface area contributed by atoms with E-state index < -0.39 is 50.3 Å². The quantitative estimate of drug-likeness (QED) is 0.308. The Kier molecular flexibility index (Phi) is 7.28. The van der Waals surface area contributed by atoms with E-state index in [0.29, 0.717) is 15.9 Å². The molecule has 9 heteroatoms. The molecule has 1 aliphatic heterocycles. The van der Waals surface area contributed by atoms with E-state index in [4.69, 9.17) is 4.74 Å². The van der Waals surface area contributed by atoms with E-state index in [1.54, 1.807) is 66.7 Å². The zero-order valence-electron chi connectivity index (χ0n) is 18.1. The molecule has 34 heavy (non-hydrogen) atoms. The van der Waals surface area contributed by atoms with Crippen molar-refractivity contribution in [1.82, 2.24) is 5.32 Å². The SMILES string of the molecule is O=C(N[C@H]1C(O)OC(CO)[C@H](O)C1O)c1ccccc1P(=O)(c1ccccc1)c1ccccc1. The topological polar surface area (TPSA) is 136 Å². The summed E-state index contributed by atoms with van der Waals surface area (Å²) in [7, 11) is -3.48. The second kappa shape index (κ2) is 10.2. The zero-order chi connectivity index (χ0) is 24.3. The molecule has 0 aliphatic carbocycles. The van der Waals surface area contributed by atoms with E-state index in [9.17, 15) is 29.8 Å². The Hall–Kier alpha value is -2.84. The van der Waals surface area contributed by atoms with Crippen molar-refractivity contribution in [3.63, 3.8) is 0 Å². The van der Waals surface area contributed by atoms with Crippen LogP contribution in [-0.4, -0.2) is 63.6 Å². The highest BCUT2D eigenvalue weighted by Gasteiger charge is 2.45. The molecule has 178 valence electrons. The van der Waals surface area contributed by atoms with Crippen LogP contribution in [0.3, 0.4) is 0 Å². The molecule has 1 heterocycles. The maximum absolute atomic E-state index is 14.7. The lowest BCUT2D eigenvalue weighted by Crippen LogP contribution is -2.64. The van der Waals surface area contributed by atoms with Gasteiger partial charge in [0.25, 0.3) is 5.91 Å². The van der Waals surface area contributed by atoms with E-state index >= 15 is 0 Å². The third-order valence-corrected chi connectivity index (χ3v) is 9.04. The molecule has 0 aromatic heterocycles. The standard InChI is InChI=1S/C25H26NO7P/c27-15-19-22(28)23(29)21(25(31)33-19)26-24(30)18-13-7-8-14-20(18)34(32,16-9-3-1-4-10-16)17-11-5-2-6-12-17/h1-14,19,21-23,25,27-29,31H,15H2,(H,26,30)/t19?,21-,22+,23?,25?/m1/s1. The smallest absolute Gasteiger partial charge is 0.252 e. The van der Waals surface area contributed by atoms with E-state index in [2.05, 4.69) is 5.32 Å². The Morgan fingerprint density at radius 2 is 1.35 bits per heavy atom. The van der Waals surface area contributed by atoms with Crippen molar-refractivity contribution >= 4 is 29.0 Å². The van der Waals surface area contributed by atoms with Crippen LogP contribution in [0.4, 0.5) is 0 Å². The third-order valence-electron chi connectivity index (χ3n) is 5.93. The molecule has 8 nitrogen and oxygen atoms in total. The van der Waals surface area contributed by atoms with Crippen molar-refractivity contribution in [2.45, 2.75) is 30.6 Å². The summed E-state index contributed by atoms with van der Waals surface area (Å²) in [6.07, 6.45) is -5.97. The predicted octanol–water partition coefficient (Wildman–Crippen LogP) is -0.144. The number of benzene rings is 3. The van der Waals surface area contributed by atoms with Gasteiger partial charge in [-0.1, -0.05) is 78.9 Å². The van der Waals surface area contributed by atoms with Gasteiger partial charge in [-0.2, -0.15) is 0 Å². The van der Waals surface area contributed by atoms with Gasteiger partial charge in [-0.05, 0) is 6.07 Å². The minimum Gasteiger partial charge on any atom is -0.394 e. The first-order valence-corrected chi connectivity index (χ1v) is 12.5. The number of amides is 1. The van der Waals surface area contributed by atoms with Crippen LogP contribution in [0.2, 0.25) is 0 Å². The number of carbonyl (C=O) groups excluding carboxylic acids is 1. The van der Waals surface area contributed by atoms with Crippen molar-refractivity contribution in [3.8, 4) is 0 Å². The van der Waals surface area contributed by atoms with Crippen LogP contribution in [0.5, 0.6) is 0 Å². The summed E-state index contributed by atoms with van der Waals surface area (Å²) >= 11 is 0. The highest BCUT2D eigenvalue weighted by Crippen LogP contribution is 2.43. The van der Waals surface area contributed by atoms with Gasteiger partial charge in [-0.15, -0.1) is 0 Å². The molecular formula is C25H26NO7P. The Morgan fingerprint density at radius 3 is 1.91 bits per heavy atom. The fraction of sp³-hybridized carbons (Fsp3) is 0.240. The van der Waals surface area contributed by atoms with Crippen molar-refractivity contribution in [1.29, 1.82) is 0 Å². The summed E-state index contributed by atoms with van der Waals surface area (Å²) < 4.78 is 19.9. The minimum absolute atomic E-state index is 0.0942. The Labute approximate surface area is 196 Å². The van der Waals surface area contributed by atoms with Crippen LogP contribution in [0.1, 0.15) is 10.4 Å². The van der Waals surface area contributed by atoms with E-state index in [0.717, 1.165) is 0 Å². The van der Waals surface area contributed by atoms with E-state index in [-0.39, 0.29) is 5.56 Å². The fourth-order valence-corrected chi connectivity index (χ4v) is 6.98. The van der Waals surface area contributed by atoms with Crippen molar-refractivity contribution in [2.75, 3.05) is 6.61 Å². The van der Waals surface area contributed by atoms with Crippen LogP contribution in [0.25, 0.3) is 0 Å². The highest BCUT2D eigenvalue weighted by atomic mass is 31.2. The Bertz CT molecular complexity index is 1130. The van der Waals surface area contributed by atoms with Gasteiger partial charge < -0.3 is 35.0 Å². The molecule has 3 aromatic rings. The summed E-state index contributed by atoms with van der Waals surface area (Å²) in [5.41, 5.74) is 0.0942. The number of nitrogens with one attached hydrogen (secondary N) is 1. The molecule has 1 saturated heterocycles. The van der Waals surface area contributed by atoms with Gasteiger partial charge in [-0.25, -0.2) is 0 Å². The summed E-state index contributed by atoms with van der Waals surface area (Å²) in [5.74, 6) is -0.705. The minimum atomic E-state index is -3.48. The number of rotatable bonds is 6. The van der Waals surface area contributed by atoms with Gasteiger partial charge in [0, 0.05) is 15.9 Å². The Morgan fingerprint density at radius 1 is 0.824 bits per heavy atom. The van der Waals surface area contributed by atoms with E-state index in [1.807, 2.05) is 12.1 Å². The van der Waals surface area contributed by atoms with Crippen LogP contribution >= 0.6 is 7.14 Å². The number of hydrogen-bond acceptors (Lipinski definition) is 7. The summed E-state index contributed by atoms with van der Waals surface area (Å²) in [6.45, 7) is -0.615. The molecule has 0 spiro atoms. The molecule has 3 unspecified atom stereocenters. The second-order valence-electron chi connectivity index (χ2n) is 8.03. The van der Waals surface area contributed by atoms with Gasteiger partial charge in [0.2, 0.25) is 0 Å². The van der Waals surface area contributed by atoms with Crippen LogP contribution < -0.4 is 21.2 Å². The lowest BCUT2D eigenvalue weighted by atomic mass is 9.97. The molecule has 5 N–H and O–H groups in total. The number of ether oxygens (including phenoxy) is 1. The fourth-order valence-electron chi connectivity index (χ4n) is 4.13. The number of hydrogen-bond donors (Lipinski definition) is 5. The molecular weight excluding hydrogens is 457 g/mol. The zero-order valence-corrected chi connectivity index (χ0v) is 19.0. The lowest BCUT2D eigenvalue weighted by Gasteiger charge is -2.40. The van der Waals surface area contributed by atoms with Crippen molar-refractivity contribution in [3.05, 3.63) is 90.5 Å². The largest absolute Gasteiger partial charge is 0.394 e. The van der Waals surface area contributed by atoms with E-state index in [1.165, 1.54) is 6.07 Å². The average Bonchev–Trinajstić information content (AvgIpc) is 2.89. The molecule has 4 rings (SSSR count). The van der Waals surface area contributed by atoms with Crippen LogP contribution in [0, 0.1) is 0 Å². The molecule has 0 bridgehead atoms. The van der Waals surface area contributed by atoms with Gasteiger partial charge in [0.15, 0.2) is 13.4 Å². The lowest BCUT2D eigenvalue weighted by molar-refractivity contribution is -0.252. The Balaban J connectivity index is 1.75. The first-order chi connectivity index (χ1) is 16.4. The monoisotopic (exact) mass is 483 g/mol. The molecule has 0 radical (unpaired) electrons. The molecule has 0 saturated carbocycles. The van der Waals surface area contributed by atoms with Gasteiger partial charge in [-0.3, -0.25) is 4.79 Å². The average molecular weight is 483 g/mol. The van der Waals surface area contributed by atoms with Crippen LogP contribution in [0.15, 0.2) is 84.9 Å². The van der Waals surface area contributed by atoms with Gasteiger partial charge >= 0.3 is 0 Å². The summed E-state index contributed by atoms with van der Waals surface area (Å²) in [6, 6.07) is 22.8. The van der Waals surface area contributed by atoms with Crippen molar-refractivity contribution in [2.24, 2.45) is 0 Å². The molecule has 3 aromatic carbocycles. The summed E-state index contributed by atoms with van der Waals surface area (Å²) in [5, 5.41) is 44.0. The summed E-state index contributed by atoms with van der Waals surface area (Å²) in [4.78, 5) is 13.4. The van der Waals surface area contributed by atoms with Gasteiger partial charge in [0.1, 0.15) is 24.4 Å².